The summed E-state index contributed by atoms with van der Waals surface area (Å²) < 4.78 is 0.912. The van der Waals surface area contributed by atoms with E-state index in [4.69, 9.17) is 5.84 Å². The summed E-state index contributed by atoms with van der Waals surface area (Å²) >= 11 is 1.17. The molecule has 0 saturated carbocycles. The Kier molecular flexibility index (Phi) is 1.60. The van der Waals surface area contributed by atoms with Crippen molar-refractivity contribution in [2.75, 3.05) is 5.43 Å². The second-order valence-electron chi connectivity index (χ2n) is 2.34. The number of thiazole rings is 1. The Balaban J connectivity index is 2.87. The molecule has 62 valence electrons. The Morgan fingerprint density at radius 3 is 3.08 bits per heavy atom. The van der Waals surface area contributed by atoms with Crippen LogP contribution in [0.4, 0.5) is 5.69 Å². The smallest absolute Gasteiger partial charge is 0.305 e. The normalized spacial score (nSPS) is 10.4. The van der Waals surface area contributed by atoms with Crippen molar-refractivity contribution < 1.29 is 0 Å². The molecule has 1 aromatic heterocycles. The summed E-state index contributed by atoms with van der Waals surface area (Å²) in [6.07, 6.45) is 0. The van der Waals surface area contributed by atoms with E-state index in [0.29, 0.717) is 0 Å². The molecule has 5 heteroatoms. The van der Waals surface area contributed by atoms with Crippen LogP contribution in [0, 0.1) is 0 Å². The van der Waals surface area contributed by atoms with Gasteiger partial charge in [0.15, 0.2) is 0 Å². The number of para-hydroxylation sites is 1. The van der Waals surface area contributed by atoms with Crippen molar-refractivity contribution in [3.63, 3.8) is 0 Å². The zero-order valence-corrected chi connectivity index (χ0v) is 6.94. The predicted octanol–water partition coefficient (Wildman–Crippen LogP) is 0.875. The molecule has 2 aromatic rings. The van der Waals surface area contributed by atoms with Gasteiger partial charge in [-0.15, -0.1) is 0 Å². The first-order valence-corrected chi connectivity index (χ1v) is 4.21. The molecule has 4 N–H and O–H groups in total. The van der Waals surface area contributed by atoms with Crippen molar-refractivity contribution in [2.24, 2.45) is 5.84 Å². The zero-order chi connectivity index (χ0) is 8.55. The number of aromatic amines is 1. The number of hydrogen-bond acceptors (Lipinski definition) is 4. The van der Waals surface area contributed by atoms with Gasteiger partial charge in [-0.3, -0.25) is 10.6 Å². The van der Waals surface area contributed by atoms with E-state index in [-0.39, 0.29) is 4.87 Å². The van der Waals surface area contributed by atoms with Crippen LogP contribution < -0.4 is 16.1 Å². The van der Waals surface area contributed by atoms with Crippen LogP contribution in [-0.2, 0) is 0 Å². The number of fused-ring (bicyclic) bond motifs is 1. The third-order valence-corrected chi connectivity index (χ3v) is 2.46. The number of hydrogen-bond donors (Lipinski definition) is 3. The molecule has 0 fully saturated rings. The number of nitrogen functional groups attached to an aromatic ring is 1. The summed E-state index contributed by atoms with van der Waals surface area (Å²) in [5, 5.41) is 0. The Morgan fingerprint density at radius 2 is 2.33 bits per heavy atom. The van der Waals surface area contributed by atoms with Crippen molar-refractivity contribution in [3.05, 3.63) is 27.9 Å². The standard InChI is InChI=1S/C7H7N3OS/c8-10-4-2-1-3-5-6(4)9-7(11)12-5/h1-3,10H,8H2,(H,9,11). The Bertz CT molecular complexity index is 459. The largest absolute Gasteiger partial charge is 0.322 e. The fraction of sp³-hybridized carbons (Fsp3) is 0. The van der Waals surface area contributed by atoms with E-state index in [2.05, 4.69) is 10.4 Å². The van der Waals surface area contributed by atoms with Crippen molar-refractivity contribution in [1.29, 1.82) is 0 Å². The van der Waals surface area contributed by atoms with Gasteiger partial charge in [0.05, 0.1) is 15.9 Å². The van der Waals surface area contributed by atoms with Crippen LogP contribution in [-0.4, -0.2) is 4.98 Å². The molecule has 0 spiro atoms. The molecule has 0 atom stereocenters. The molecule has 0 aliphatic carbocycles. The van der Waals surface area contributed by atoms with E-state index in [1.54, 1.807) is 0 Å². The number of aromatic nitrogens is 1. The first-order chi connectivity index (χ1) is 5.81. The summed E-state index contributed by atoms with van der Waals surface area (Å²) in [5.74, 6) is 5.26. The fourth-order valence-corrected chi connectivity index (χ4v) is 1.86. The van der Waals surface area contributed by atoms with Crippen LogP contribution in [0.25, 0.3) is 10.2 Å². The SMILES string of the molecule is NNc1cccc2sc(=O)[nH]c12. The van der Waals surface area contributed by atoms with Crippen LogP contribution >= 0.6 is 11.3 Å². The number of nitrogens with two attached hydrogens (primary N) is 1. The van der Waals surface area contributed by atoms with E-state index >= 15 is 0 Å². The minimum atomic E-state index is -0.0623. The van der Waals surface area contributed by atoms with Crippen LogP contribution in [0.5, 0.6) is 0 Å². The third kappa shape index (κ3) is 0.992. The van der Waals surface area contributed by atoms with Gasteiger partial charge in [0.1, 0.15) is 0 Å². The minimum absolute atomic E-state index is 0.0623. The maximum absolute atomic E-state index is 11.0. The molecule has 0 saturated heterocycles. The van der Waals surface area contributed by atoms with Crippen LogP contribution in [0.3, 0.4) is 0 Å². The second-order valence-corrected chi connectivity index (χ2v) is 3.35. The number of nitrogens with one attached hydrogen (secondary N) is 2. The summed E-state index contributed by atoms with van der Waals surface area (Å²) in [6, 6.07) is 5.53. The van der Waals surface area contributed by atoms with Crippen molar-refractivity contribution in [1.82, 2.24) is 4.98 Å². The summed E-state index contributed by atoms with van der Waals surface area (Å²) in [4.78, 5) is 13.6. The molecule has 4 nitrogen and oxygen atoms in total. The van der Waals surface area contributed by atoms with Gasteiger partial charge in [0, 0.05) is 0 Å². The minimum Gasteiger partial charge on any atom is -0.322 e. The average molecular weight is 181 g/mol. The summed E-state index contributed by atoms with van der Waals surface area (Å²) in [5.41, 5.74) is 4.03. The average Bonchev–Trinajstić information content (AvgIpc) is 2.44. The third-order valence-electron chi connectivity index (χ3n) is 1.61. The van der Waals surface area contributed by atoms with Gasteiger partial charge in [-0.25, -0.2) is 0 Å². The Morgan fingerprint density at radius 1 is 1.50 bits per heavy atom. The highest BCUT2D eigenvalue weighted by Gasteiger charge is 2.01. The lowest BCUT2D eigenvalue weighted by Gasteiger charge is -1.98. The van der Waals surface area contributed by atoms with E-state index < -0.39 is 0 Å². The predicted molar refractivity (Wildman–Crippen MR) is 50.3 cm³/mol. The second kappa shape index (κ2) is 2.62. The maximum atomic E-state index is 11.0. The molecule has 0 aliphatic rings. The van der Waals surface area contributed by atoms with Gasteiger partial charge in [0.2, 0.25) is 0 Å². The molecule has 2 rings (SSSR count). The first-order valence-electron chi connectivity index (χ1n) is 3.40. The van der Waals surface area contributed by atoms with Crippen LogP contribution in [0.1, 0.15) is 0 Å². The molecule has 0 radical (unpaired) electrons. The molecule has 12 heavy (non-hydrogen) atoms. The highest BCUT2D eigenvalue weighted by atomic mass is 32.1. The van der Waals surface area contributed by atoms with E-state index in [0.717, 1.165) is 15.9 Å². The molecular formula is C7H7N3OS. The van der Waals surface area contributed by atoms with Crippen LogP contribution in [0.2, 0.25) is 0 Å². The quantitative estimate of drug-likeness (QED) is 0.451. The molecule has 0 unspecified atom stereocenters. The monoisotopic (exact) mass is 181 g/mol. The topological polar surface area (TPSA) is 70.9 Å². The number of H-pyrrole nitrogens is 1. The van der Waals surface area contributed by atoms with Crippen molar-refractivity contribution in [3.8, 4) is 0 Å². The van der Waals surface area contributed by atoms with E-state index in [9.17, 15) is 4.79 Å². The number of benzene rings is 1. The lowest BCUT2D eigenvalue weighted by molar-refractivity contribution is 1.33. The Labute approximate surface area is 72.0 Å². The highest BCUT2D eigenvalue weighted by molar-refractivity contribution is 7.16. The van der Waals surface area contributed by atoms with Crippen LogP contribution in [0.15, 0.2) is 23.0 Å². The molecule has 0 bridgehead atoms. The van der Waals surface area contributed by atoms with Crippen molar-refractivity contribution >= 4 is 27.2 Å². The molecule has 1 heterocycles. The lowest BCUT2D eigenvalue weighted by atomic mass is 10.3. The zero-order valence-electron chi connectivity index (χ0n) is 6.13. The van der Waals surface area contributed by atoms with Gasteiger partial charge in [0.25, 0.3) is 0 Å². The summed E-state index contributed by atoms with van der Waals surface area (Å²) in [6.45, 7) is 0. The van der Waals surface area contributed by atoms with Gasteiger partial charge < -0.3 is 10.4 Å². The highest BCUT2D eigenvalue weighted by Crippen LogP contribution is 2.21. The van der Waals surface area contributed by atoms with Gasteiger partial charge >= 0.3 is 4.87 Å². The molecule has 0 aliphatic heterocycles. The van der Waals surface area contributed by atoms with E-state index in [1.807, 2.05) is 18.2 Å². The van der Waals surface area contributed by atoms with Crippen molar-refractivity contribution in [2.45, 2.75) is 0 Å². The maximum Gasteiger partial charge on any atom is 0.305 e. The first kappa shape index (κ1) is 7.33. The molecular weight excluding hydrogens is 174 g/mol. The fourth-order valence-electron chi connectivity index (χ4n) is 1.09. The summed E-state index contributed by atoms with van der Waals surface area (Å²) in [7, 11) is 0. The number of rotatable bonds is 1. The van der Waals surface area contributed by atoms with Gasteiger partial charge in [-0.05, 0) is 12.1 Å². The van der Waals surface area contributed by atoms with E-state index in [1.165, 1.54) is 11.3 Å². The number of hydrazine groups is 1. The van der Waals surface area contributed by atoms with Gasteiger partial charge in [-0.2, -0.15) is 0 Å². The Hall–Kier alpha value is -1.33. The molecule has 0 amide bonds. The number of anilines is 1. The lowest BCUT2D eigenvalue weighted by Crippen LogP contribution is -2.07. The molecule has 1 aromatic carbocycles. The van der Waals surface area contributed by atoms with Gasteiger partial charge in [-0.1, -0.05) is 17.4 Å².